The topological polar surface area (TPSA) is 147 Å². The molecule has 0 spiro atoms. The lowest BCUT2D eigenvalue weighted by atomic mass is 10.3. The number of hydrogen-bond acceptors (Lipinski definition) is 8. The summed E-state index contributed by atoms with van der Waals surface area (Å²) in [5, 5.41) is 9.52. The second-order valence-corrected chi connectivity index (χ2v) is 5.37. The minimum Gasteiger partial charge on any atom is -0.382 e. The van der Waals surface area contributed by atoms with Crippen LogP contribution in [-0.4, -0.2) is 35.6 Å². The molecule has 0 unspecified atom stereocenters. The first-order valence-electron chi connectivity index (χ1n) is 7.02. The molecule has 0 saturated carbocycles. The summed E-state index contributed by atoms with van der Waals surface area (Å²) >= 11 is 1.13. The summed E-state index contributed by atoms with van der Waals surface area (Å²) in [5.41, 5.74) is 7.51. The van der Waals surface area contributed by atoms with Crippen molar-refractivity contribution in [2.75, 3.05) is 16.4 Å². The van der Waals surface area contributed by atoms with E-state index in [9.17, 15) is 4.79 Å². The van der Waals surface area contributed by atoms with Gasteiger partial charge in [0.2, 0.25) is 0 Å². The van der Waals surface area contributed by atoms with Gasteiger partial charge in [-0.15, -0.1) is 5.10 Å². The van der Waals surface area contributed by atoms with Crippen LogP contribution in [0.15, 0.2) is 49.2 Å². The van der Waals surface area contributed by atoms with Crippen molar-refractivity contribution in [2.45, 2.75) is 0 Å². The molecule has 126 valence electrons. The molecule has 25 heavy (non-hydrogen) atoms. The van der Waals surface area contributed by atoms with E-state index in [0.717, 1.165) is 17.2 Å². The van der Waals surface area contributed by atoms with Crippen molar-refractivity contribution in [1.82, 2.24) is 29.5 Å². The number of fused-ring (bicyclic) bond motifs is 1. The third-order valence-corrected chi connectivity index (χ3v) is 3.46. The second-order valence-electron chi connectivity index (χ2n) is 4.59. The number of benzene rings is 1. The summed E-state index contributed by atoms with van der Waals surface area (Å²) in [6.45, 7) is 0. The largest absolute Gasteiger partial charge is 0.382 e. The Hall–Kier alpha value is -3.60. The van der Waals surface area contributed by atoms with Crippen LogP contribution in [0.5, 0.6) is 0 Å². The molecule has 0 radical (unpaired) electrons. The molecule has 0 aliphatic heterocycles. The summed E-state index contributed by atoms with van der Waals surface area (Å²) in [5.74, 6) is 0.409. The number of carbonyl (C=O) groups is 1. The summed E-state index contributed by atoms with van der Waals surface area (Å²) in [6, 6.07) is 8.91. The molecule has 3 aromatic heterocycles. The fourth-order valence-corrected chi connectivity index (χ4v) is 2.22. The van der Waals surface area contributed by atoms with E-state index in [2.05, 4.69) is 40.2 Å². The van der Waals surface area contributed by atoms with E-state index in [0.29, 0.717) is 22.0 Å². The Morgan fingerprint density at radius 1 is 1.12 bits per heavy atom. The first kappa shape index (κ1) is 16.3. The van der Waals surface area contributed by atoms with Crippen molar-refractivity contribution < 1.29 is 4.79 Å². The molecule has 0 fully saturated rings. The highest BCUT2D eigenvalue weighted by atomic mass is 32.1. The SMILES string of the molecule is Nc1ncnc2[nH]cnc12.O=C(Nc1ccccc1)Nc1cnns1. The Bertz CT molecular complexity index is 939. The van der Waals surface area contributed by atoms with Crippen LogP contribution < -0.4 is 16.4 Å². The molecule has 0 aliphatic carbocycles. The molecule has 1 aromatic carbocycles. The number of H-pyrrole nitrogens is 1. The molecule has 4 rings (SSSR count). The van der Waals surface area contributed by atoms with E-state index in [-0.39, 0.29) is 6.03 Å². The highest BCUT2D eigenvalue weighted by Crippen LogP contribution is 2.11. The fraction of sp³-hybridized carbons (Fsp3) is 0. The summed E-state index contributed by atoms with van der Waals surface area (Å²) in [6.07, 6.45) is 4.43. The Morgan fingerprint density at radius 3 is 2.68 bits per heavy atom. The molecule has 0 saturated heterocycles. The van der Waals surface area contributed by atoms with Gasteiger partial charge in [-0.05, 0) is 12.1 Å². The normalized spacial score (nSPS) is 9.92. The zero-order valence-electron chi connectivity index (χ0n) is 12.7. The van der Waals surface area contributed by atoms with Crippen molar-refractivity contribution in [2.24, 2.45) is 0 Å². The van der Waals surface area contributed by atoms with E-state index in [4.69, 9.17) is 5.73 Å². The lowest BCUT2D eigenvalue weighted by molar-refractivity contribution is 0.262. The third-order valence-electron chi connectivity index (χ3n) is 2.88. The van der Waals surface area contributed by atoms with Crippen LogP contribution >= 0.6 is 11.5 Å². The van der Waals surface area contributed by atoms with E-state index in [1.807, 2.05) is 30.3 Å². The molecule has 2 amide bonds. The average Bonchev–Trinajstić information content (AvgIpc) is 3.28. The highest BCUT2D eigenvalue weighted by Gasteiger charge is 2.03. The Labute approximate surface area is 145 Å². The minimum absolute atomic E-state index is 0.299. The number of anilines is 3. The molecule has 3 heterocycles. The van der Waals surface area contributed by atoms with Crippen molar-refractivity contribution in [3.8, 4) is 0 Å². The number of aromatic amines is 1. The van der Waals surface area contributed by atoms with Crippen molar-refractivity contribution in [1.29, 1.82) is 0 Å². The highest BCUT2D eigenvalue weighted by molar-refractivity contribution is 7.10. The van der Waals surface area contributed by atoms with Gasteiger partial charge < -0.3 is 16.0 Å². The number of nitrogens with zero attached hydrogens (tertiary/aromatic N) is 5. The number of rotatable bonds is 2. The number of amides is 2. The van der Waals surface area contributed by atoms with Crippen molar-refractivity contribution in [3.63, 3.8) is 0 Å². The van der Waals surface area contributed by atoms with Gasteiger partial charge in [0.05, 0.1) is 12.5 Å². The predicted molar refractivity (Wildman–Crippen MR) is 95.1 cm³/mol. The number of nitrogens with two attached hydrogens (primary N) is 1. The smallest absolute Gasteiger partial charge is 0.324 e. The van der Waals surface area contributed by atoms with Gasteiger partial charge in [-0.3, -0.25) is 5.32 Å². The van der Waals surface area contributed by atoms with Crippen molar-refractivity contribution in [3.05, 3.63) is 49.2 Å². The molecule has 5 N–H and O–H groups in total. The Kier molecular flexibility index (Phi) is 5.07. The van der Waals surface area contributed by atoms with Gasteiger partial charge in [-0.25, -0.2) is 19.7 Å². The van der Waals surface area contributed by atoms with Gasteiger partial charge in [0.25, 0.3) is 0 Å². The fourth-order valence-electron chi connectivity index (χ4n) is 1.80. The van der Waals surface area contributed by atoms with Gasteiger partial charge in [0, 0.05) is 17.2 Å². The maximum atomic E-state index is 11.4. The number of para-hydroxylation sites is 1. The monoisotopic (exact) mass is 355 g/mol. The average molecular weight is 355 g/mol. The van der Waals surface area contributed by atoms with Gasteiger partial charge >= 0.3 is 6.03 Å². The zero-order chi connectivity index (χ0) is 17.5. The number of nitrogens with one attached hydrogen (secondary N) is 3. The van der Waals surface area contributed by atoms with E-state index in [1.54, 1.807) is 0 Å². The van der Waals surface area contributed by atoms with Gasteiger partial charge in [-0.1, -0.05) is 22.7 Å². The molecule has 0 bridgehead atoms. The molecule has 0 atom stereocenters. The zero-order valence-corrected chi connectivity index (χ0v) is 13.6. The lowest BCUT2D eigenvalue weighted by Crippen LogP contribution is -2.18. The van der Waals surface area contributed by atoms with Crippen LogP contribution in [0.4, 0.5) is 21.3 Å². The Balaban J connectivity index is 0.000000157. The van der Waals surface area contributed by atoms with E-state index >= 15 is 0 Å². The summed E-state index contributed by atoms with van der Waals surface area (Å²) < 4.78 is 3.63. The molecule has 0 aliphatic rings. The van der Waals surface area contributed by atoms with Crippen LogP contribution in [-0.2, 0) is 0 Å². The number of urea groups is 1. The van der Waals surface area contributed by atoms with Gasteiger partial charge in [0.1, 0.15) is 16.8 Å². The van der Waals surface area contributed by atoms with Gasteiger partial charge in [0.15, 0.2) is 11.5 Å². The van der Waals surface area contributed by atoms with E-state index < -0.39 is 0 Å². The third kappa shape index (κ3) is 4.45. The number of imidazole rings is 1. The van der Waals surface area contributed by atoms with Crippen LogP contribution in [0.25, 0.3) is 11.2 Å². The van der Waals surface area contributed by atoms with E-state index in [1.165, 1.54) is 18.9 Å². The summed E-state index contributed by atoms with van der Waals surface area (Å²) in [4.78, 5) is 25.8. The standard InChI is InChI=1S/C9H8N4OS.C5H5N5/c14-9(12-8-6-10-13-15-8)11-7-4-2-1-3-5-7;6-4-3-5(9-1-7-3)10-2-8-4/h1-6H,(H2,11,12,14);1-2H,(H3,6,7,8,9,10). The van der Waals surface area contributed by atoms with Crippen LogP contribution in [0.1, 0.15) is 0 Å². The quantitative estimate of drug-likeness (QED) is 0.430. The molecular weight excluding hydrogens is 342 g/mol. The number of aromatic nitrogens is 6. The minimum atomic E-state index is -0.299. The number of hydrogen-bond donors (Lipinski definition) is 4. The summed E-state index contributed by atoms with van der Waals surface area (Å²) in [7, 11) is 0. The molecule has 4 aromatic rings. The predicted octanol–water partition coefficient (Wildman–Crippen LogP) is 2.12. The van der Waals surface area contributed by atoms with Gasteiger partial charge in [-0.2, -0.15) is 0 Å². The molecule has 11 heteroatoms. The van der Waals surface area contributed by atoms with Crippen LogP contribution in [0.3, 0.4) is 0 Å². The van der Waals surface area contributed by atoms with Crippen LogP contribution in [0, 0.1) is 0 Å². The second kappa shape index (κ2) is 7.79. The Morgan fingerprint density at radius 2 is 1.96 bits per heavy atom. The number of carbonyl (C=O) groups excluding carboxylic acids is 1. The maximum absolute atomic E-state index is 11.4. The lowest BCUT2D eigenvalue weighted by Gasteiger charge is -2.04. The van der Waals surface area contributed by atoms with Crippen LogP contribution in [0.2, 0.25) is 0 Å². The molecular formula is C14H13N9OS. The van der Waals surface area contributed by atoms with Crippen molar-refractivity contribution >= 4 is 45.2 Å². The maximum Gasteiger partial charge on any atom is 0.324 e. The molecule has 10 nitrogen and oxygen atoms in total. The first-order chi connectivity index (χ1) is 12.2. The first-order valence-corrected chi connectivity index (χ1v) is 7.79. The number of nitrogen functional groups attached to an aromatic ring is 1.